The average Bonchev–Trinajstić information content (AvgIpc) is 3.19. The van der Waals surface area contributed by atoms with Gasteiger partial charge in [-0.3, -0.25) is 0 Å². The van der Waals surface area contributed by atoms with Crippen LogP contribution in [0.4, 0.5) is 10.5 Å². The van der Waals surface area contributed by atoms with E-state index in [1.807, 2.05) is 13.1 Å². The SMILES string of the molecule is Cc1ncc(-c2ccc(NC3CCN(C(=O)OCc4cc(Cl)cc(Cl)c4)CC3)cc2)[nH]1. The highest BCUT2D eigenvalue weighted by atomic mass is 35.5. The van der Waals surface area contributed by atoms with Crippen LogP contribution in [0.2, 0.25) is 10.0 Å². The molecule has 1 saturated heterocycles. The lowest BCUT2D eigenvalue weighted by atomic mass is 10.0. The fourth-order valence-corrected chi connectivity index (χ4v) is 4.26. The number of carbonyl (C=O) groups excluding carboxylic acids is 1. The molecule has 1 aliphatic heterocycles. The summed E-state index contributed by atoms with van der Waals surface area (Å²) < 4.78 is 5.43. The Bertz CT molecular complexity index is 1020. The lowest BCUT2D eigenvalue weighted by Gasteiger charge is -2.32. The Labute approximate surface area is 191 Å². The number of aromatic amines is 1. The first-order valence-electron chi connectivity index (χ1n) is 10.2. The summed E-state index contributed by atoms with van der Waals surface area (Å²) in [5.41, 5.74) is 3.95. The molecule has 2 heterocycles. The van der Waals surface area contributed by atoms with Gasteiger partial charge in [0.2, 0.25) is 0 Å². The number of nitrogens with one attached hydrogen (secondary N) is 2. The molecule has 0 unspecified atom stereocenters. The van der Waals surface area contributed by atoms with Gasteiger partial charge < -0.3 is 19.9 Å². The van der Waals surface area contributed by atoms with Crippen LogP contribution in [0.15, 0.2) is 48.7 Å². The number of rotatable bonds is 5. The van der Waals surface area contributed by atoms with Gasteiger partial charge in [-0.05, 0) is 61.2 Å². The van der Waals surface area contributed by atoms with E-state index in [0.717, 1.165) is 41.2 Å². The van der Waals surface area contributed by atoms with E-state index in [1.165, 1.54) is 0 Å². The smallest absolute Gasteiger partial charge is 0.410 e. The topological polar surface area (TPSA) is 70.2 Å². The molecule has 8 heteroatoms. The van der Waals surface area contributed by atoms with Gasteiger partial charge >= 0.3 is 6.09 Å². The molecule has 0 saturated carbocycles. The van der Waals surface area contributed by atoms with Crippen LogP contribution in [0.5, 0.6) is 0 Å². The van der Waals surface area contributed by atoms with Crippen LogP contribution in [0.3, 0.4) is 0 Å². The Balaban J connectivity index is 1.24. The first kappa shape index (κ1) is 21.5. The zero-order valence-corrected chi connectivity index (χ0v) is 18.7. The van der Waals surface area contributed by atoms with E-state index in [0.29, 0.717) is 29.2 Å². The number of carbonyl (C=O) groups is 1. The quantitative estimate of drug-likeness (QED) is 0.498. The molecule has 1 aromatic heterocycles. The maximum atomic E-state index is 12.4. The Hall–Kier alpha value is -2.70. The Kier molecular flexibility index (Phi) is 6.68. The van der Waals surface area contributed by atoms with Crippen molar-refractivity contribution in [3.05, 3.63) is 70.1 Å². The van der Waals surface area contributed by atoms with Crippen molar-refractivity contribution in [2.75, 3.05) is 18.4 Å². The van der Waals surface area contributed by atoms with Crippen molar-refractivity contribution in [2.45, 2.75) is 32.4 Å². The molecule has 0 aliphatic carbocycles. The molecule has 162 valence electrons. The molecule has 2 aromatic carbocycles. The Morgan fingerprint density at radius 3 is 2.45 bits per heavy atom. The third-order valence-corrected chi connectivity index (χ3v) is 5.74. The number of nitrogens with zero attached hydrogens (tertiary/aromatic N) is 2. The van der Waals surface area contributed by atoms with E-state index in [1.54, 1.807) is 23.1 Å². The zero-order valence-electron chi connectivity index (χ0n) is 17.2. The summed E-state index contributed by atoms with van der Waals surface area (Å²) in [4.78, 5) is 21.6. The van der Waals surface area contributed by atoms with Crippen molar-refractivity contribution in [3.63, 3.8) is 0 Å². The third-order valence-electron chi connectivity index (χ3n) is 5.31. The molecule has 4 rings (SSSR count). The van der Waals surface area contributed by atoms with Crippen LogP contribution < -0.4 is 5.32 Å². The number of hydrogen-bond donors (Lipinski definition) is 2. The number of aromatic nitrogens is 2. The van der Waals surface area contributed by atoms with Crippen LogP contribution in [-0.4, -0.2) is 40.1 Å². The molecular formula is C23H24Cl2N4O2. The minimum atomic E-state index is -0.311. The molecule has 1 aliphatic rings. The minimum Gasteiger partial charge on any atom is -0.445 e. The van der Waals surface area contributed by atoms with Gasteiger partial charge in [-0.15, -0.1) is 0 Å². The molecule has 0 atom stereocenters. The van der Waals surface area contributed by atoms with Crippen molar-refractivity contribution < 1.29 is 9.53 Å². The van der Waals surface area contributed by atoms with Crippen molar-refractivity contribution in [2.24, 2.45) is 0 Å². The van der Waals surface area contributed by atoms with Gasteiger partial charge in [0.1, 0.15) is 12.4 Å². The number of imidazole rings is 1. The highest BCUT2D eigenvalue weighted by Crippen LogP contribution is 2.23. The summed E-state index contributed by atoms with van der Waals surface area (Å²) in [6.45, 7) is 3.39. The second kappa shape index (κ2) is 9.62. The second-order valence-corrected chi connectivity index (χ2v) is 8.57. The maximum Gasteiger partial charge on any atom is 0.410 e. The van der Waals surface area contributed by atoms with Crippen LogP contribution >= 0.6 is 23.2 Å². The van der Waals surface area contributed by atoms with Gasteiger partial charge in [-0.1, -0.05) is 35.3 Å². The highest BCUT2D eigenvalue weighted by molar-refractivity contribution is 6.34. The molecular weight excluding hydrogens is 435 g/mol. The average molecular weight is 459 g/mol. The second-order valence-electron chi connectivity index (χ2n) is 7.70. The molecule has 3 aromatic rings. The number of hydrogen-bond acceptors (Lipinski definition) is 4. The van der Waals surface area contributed by atoms with Gasteiger partial charge in [0, 0.05) is 34.9 Å². The summed E-state index contributed by atoms with van der Waals surface area (Å²) in [6, 6.07) is 13.7. The number of H-pyrrole nitrogens is 1. The Morgan fingerprint density at radius 1 is 1.16 bits per heavy atom. The summed E-state index contributed by atoms with van der Waals surface area (Å²) >= 11 is 12.0. The molecule has 0 spiro atoms. The van der Waals surface area contributed by atoms with E-state index in [9.17, 15) is 4.79 Å². The first-order valence-corrected chi connectivity index (χ1v) is 11.0. The van der Waals surface area contributed by atoms with E-state index in [4.69, 9.17) is 27.9 Å². The van der Waals surface area contributed by atoms with Crippen molar-refractivity contribution in [3.8, 4) is 11.3 Å². The maximum absolute atomic E-state index is 12.4. The lowest BCUT2D eigenvalue weighted by Crippen LogP contribution is -2.42. The van der Waals surface area contributed by atoms with Crippen LogP contribution in [0, 0.1) is 6.92 Å². The molecule has 0 radical (unpaired) electrons. The number of ether oxygens (including phenoxy) is 1. The summed E-state index contributed by atoms with van der Waals surface area (Å²) in [5.74, 6) is 0.902. The molecule has 6 nitrogen and oxygen atoms in total. The van der Waals surface area contributed by atoms with Gasteiger partial charge in [0.25, 0.3) is 0 Å². The molecule has 31 heavy (non-hydrogen) atoms. The fourth-order valence-electron chi connectivity index (χ4n) is 3.69. The molecule has 1 fully saturated rings. The van der Waals surface area contributed by atoms with Crippen LogP contribution in [0.25, 0.3) is 11.3 Å². The lowest BCUT2D eigenvalue weighted by molar-refractivity contribution is 0.0882. The predicted molar refractivity (Wildman–Crippen MR) is 124 cm³/mol. The number of halogens is 2. The van der Waals surface area contributed by atoms with E-state index in [-0.39, 0.29) is 12.7 Å². The van der Waals surface area contributed by atoms with E-state index < -0.39 is 0 Å². The third kappa shape index (κ3) is 5.71. The zero-order chi connectivity index (χ0) is 21.8. The first-order chi connectivity index (χ1) is 15.0. The number of anilines is 1. The number of benzene rings is 2. The Morgan fingerprint density at radius 2 is 1.84 bits per heavy atom. The van der Waals surface area contributed by atoms with Gasteiger partial charge in [-0.2, -0.15) is 0 Å². The van der Waals surface area contributed by atoms with Crippen LogP contribution in [0.1, 0.15) is 24.2 Å². The number of aryl methyl sites for hydroxylation is 1. The number of amides is 1. The predicted octanol–water partition coefficient (Wildman–Crippen LogP) is 5.91. The number of likely N-dealkylation sites (tertiary alicyclic amines) is 1. The normalized spacial score (nSPS) is 14.5. The molecule has 1 amide bonds. The summed E-state index contributed by atoms with van der Waals surface area (Å²) in [5, 5.41) is 4.61. The highest BCUT2D eigenvalue weighted by Gasteiger charge is 2.23. The molecule has 0 bridgehead atoms. The van der Waals surface area contributed by atoms with E-state index in [2.05, 4.69) is 39.6 Å². The van der Waals surface area contributed by atoms with E-state index >= 15 is 0 Å². The summed E-state index contributed by atoms with van der Waals surface area (Å²) in [6.07, 6.45) is 3.25. The van der Waals surface area contributed by atoms with Crippen molar-refractivity contribution >= 4 is 35.0 Å². The largest absolute Gasteiger partial charge is 0.445 e. The standard InChI is InChI=1S/C23H24Cl2N4O2/c1-15-26-13-22(27-15)17-2-4-20(5-3-17)28-21-6-8-29(9-7-21)23(30)31-14-16-10-18(24)12-19(25)11-16/h2-5,10-13,21,28H,6-9,14H2,1H3,(H,26,27). The monoisotopic (exact) mass is 458 g/mol. The minimum absolute atomic E-state index is 0.152. The van der Waals surface area contributed by atoms with Gasteiger partial charge in [0.05, 0.1) is 11.9 Å². The summed E-state index contributed by atoms with van der Waals surface area (Å²) in [7, 11) is 0. The van der Waals surface area contributed by atoms with Crippen LogP contribution in [-0.2, 0) is 11.3 Å². The fraction of sp³-hybridized carbons (Fsp3) is 0.304. The van der Waals surface area contributed by atoms with Crippen molar-refractivity contribution in [1.29, 1.82) is 0 Å². The van der Waals surface area contributed by atoms with Gasteiger partial charge in [-0.25, -0.2) is 9.78 Å². The van der Waals surface area contributed by atoms with Crippen molar-refractivity contribution in [1.82, 2.24) is 14.9 Å². The van der Waals surface area contributed by atoms with Gasteiger partial charge in [0.15, 0.2) is 0 Å². The molecule has 2 N–H and O–H groups in total. The number of piperidine rings is 1.